The number of carbonyl (C=O) groups is 1. The third-order valence-electron chi connectivity index (χ3n) is 4.19. The van der Waals surface area contributed by atoms with Gasteiger partial charge in [0.05, 0.1) is 19.3 Å². The molecular formula is C14H26ClN5O4S. The average Bonchev–Trinajstić information content (AvgIpc) is 3.00. The highest BCUT2D eigenvalue weighted by Crippen LogP contribution is 2.28. The monoisotopic (exact) mass is 395 g/mol. The second-order valence-corrected chi connectivity index (χ2v) is 7.90. The van der Waals surface area contributed by atoms with E-state index in [2.05, 4.69) is 20.5 Å². The lowest BCUT2D eigenvalue weighted by molar-refractivity contribution is -0.120. The van der Waals surface area contributed by atoms with Crippen molar-refractivity contribution in [1.29, 1.82) is 0 Å². The van der Waals surface area contributed by atoms with Crippen LogP contribution in [0.25, 0.3) is 0 Å². The normalized spacial score (nSPS) is 16.9. The Kier molecular flexibility index (Phi) is 8.29. The molecule has 1 aliphatic rings. The van der Waals surface area contributed by atoms with Crippen LogP contribution >= 0.6 is 12.4 Å². The molecule has 25 heavy (non-hydrogen) atoms. The maximum absolute atomic E-state index is 12.0. The van der Waals surface area contributed by atoms with Gasteiger partial charge in [0.15, 0.2) is 0 Å². The van der Waals surface area contributed by atoms with Crippen LogP contribution in [0.15, 0.2) is 17.3 Å². The van der Waals surface area contributed by atoms with Gasteiger partial charge in [0.2, 0.25) is 15.9 Å². The molecule has 2 heterocycles. The highest BCUT2D eigenvalue weighted by Gasteiger charge is 2.32. The molecule has 0 bridgehead atoms. The lowest BCUT2D eigenvalue weighted by Gasteiger charge is -2.37. The van der Waals surface area contributed by atoms with E-state index in [1.807, 2.05) is 0 Å². The Morgan fingerprint density at radius 1 is 1.44 bits per heavy atom. The van der Waals surface area contributed by atoms with E-state index in [-0.39, 0.29) is 35.2 Å². The number of aromatic nitrogens is 2. The minimum atomic E-state index is -3.73. The molecule has 0 unspecified atom stereocenters. The van der Waals surface area contributed by atoms with Crippen molar-refractivity contribution < 1.29 is 17.9 Å². The molecule has 0 atom stereocenters. The van der Waals surface area contributed by atoms with E-state index < -0.39 is 10.0 Å². The van der Waals surface area contributed by atoms with E-state index in [9.17, 15) is 13.2 Å². The largest absolute Gasteiger partial charge is 0.384 e. The molecule has 1 aliphatic heterocycles. The predicted molar refractivity (Wildman–Crippen MR) is 95.1 cm³/mol. The lowest BCUT2D eigenvalue weighted by Crippen LogP contribution is -2.48. The van der Waals surface area contributed by atoms with Crippen molar-refractivity contribution >= 4 is 28.3 Å². The van der Waals surface area contributed by atoms with E-state index in [0.29, 0.717) is 13.2 Å². The number of methoxy groups -OCH3 is 1. The molecule has 0 aromatic carbocycles. The van der Waals surface area contributed by atoms with Crippen LogP contribution in [-0.2, 0) is 26.6 Å². The third-order valence-corrected chi connectivity index (χ3v) is 5.55. The van der Waals surface area contributed by atoms with Crippen LogP contribution < -0.4 is 15.4 Å². The summed E-state index contributed by atoms with van der Waals surface area (Å²) < 4.78 is 33.1. The number of rotatable bonds is 8. The van der Waals surface area contributed by atoms with Gasteiger partial charge in [-0.05, 0) is 25.9 Å². The highest BCUT2D eigenvalue weighted by molar-refractivity contribution is 7.89. The Hall–Kier alpha value is -1.20. The van der Waals surface area contributed by atoms with Crippen LogP contribution in [0.3, 0.4) is 0 Å². The minimum Gasteiger partial charge on any atom is -0.384 e. The van der Waals surface area contributed by atoms with Crippen molar-refractivity contribution in [3.63, 3.8) is 0 Å². The van der Waals surface area contributed by atoms with Gasteiger partial charge in [-0.25, -0.2) is 13.1 Å². The zero-order valence-electron chi connectivity index (χ0n) is 14.4. The number of amides is 1. The first kappa shape index (κ1) is 21.8. The Balaban J connectivity index is 0.00000312. The first-order valence-corrected chi connectivity index (χ1v) is 9.30. The van der Waals surface area contributed by atoms with E-state index in [1.54, 1.807) is 14.2 Å². The van der Waals surface area contributed by atoms with Crippen LogP contribution in [0, 0.1) is 5.41 Å². The molecule has 0 radical (unpaired) electrons. The molecule has 3 N–H and O–H groups in total. The number of carbonyl (C=O) groups excluding carboxylic acids is 1. The molecule has 1 saturated heterocycles. The second-order valence-electron chi connectivity index (χ2n) is 6.13. The quantitative estimate of drug-likeness (QED) is 0.533. The first-order valence-electron chi connectivity index (χ1n) is 7.82. The Morgan fingerprint density at radius 3 is 2.68 bits per heavy atom. The number of hydrogen-bond donors (Lipinski definition) is 3. The molecular weight excluding hydrogens is 370 g/mol. The van der Waals surface area contributed by atoms with Gasteiger partial charge in [-0.2, -0.15) is 5.10 Å². The number of ether oxygens (including phenoxy) is 1. The molecule has 1 amide bonds. The van der Waals surface area contributed by atoms with Crippen LogP contribution in [-0.4, -0.2) is 64.0 Å². The number of halogens is 1. The summed E-state index contributed by atoms with van der Waals surface area (Å²) in [6.45, 7) is 2.49. The van der Waals surface area contributed by atoms with E-state index in [1.165, 1.54) is 17.1 Å². The molecule has 144 valence electrons. The number of piperidine rings is 1. The highest BCUT2D eigenvalue weighted by atomic mass is 35.5. The van der Waals surface area contributed by atoms with E-state index >= 15 is 0 Å². The van der Waals surface area contributed by atoms with Crippen molar-refractivity contribution in [1.82, 2.24) is 25.1 Å². The fourth-order valence-corrected chi connectivity index (χ4v) is 3.73. The average molecular weight is 396 g/mol. The van der Waals surface area contributed by atoms with Crippen LogP contribution in [0.1, 0.15) is 12.8 Å². The third kappa shape index (κ3) is 6.23. The first-order chi connectivity index (χ1) is 11.4. The Labute approximate surface area is 154 Å². The zero-order valence-corrected chi connectivity index (χ0v) is 16.1. The minimum absolute atomic E-state index is 0. The van der Waals surface area contributed by atoms with Crippen molar-refractivity contribution in [3.05, 3.63) is 12.4 Å². The van der Waals surface area contributed by atoms with Gasteiger partial charge in [-0.15, -0.1) is 12.4 Å². The summed E-state index contributed by atoms with van der Waals surface area (Å²) in [5, 5.41) is 9.91. The van der Waals surface area contributed by atoms with Gasteiger partial charge in [0.25, 0.3) is 0 Å². The maximum Gasteiger partial charge on any atom is 0.244 e. The Morgan fingerprint density at radius 2 is 2.12 bits per heavy atom. The van der Waals surface area contributed by atoms with Crippen LogP contribution in [0.4, 0.5) is 0 Å². The van der Waals surface area contributed by atoms with Crippen molar-refractivity contribution in [2.75, 3.05) is 39.9 Å². The van der Waals surface area contributed by atoms with Crippen molar-refractivity contribution in [2.45, 2.75) is 17.7 Å². The maximum atomic E-state index is 12.0. The van der Waals surface area contributed by atoms with Gasteiger partial charge in [0, 0.05) is 32.3 Å². The summed E-state index contributed by atoms with van der Waals surface area (Å²) >= 11 is 0. The standard InChI is InChI=1S/C14H25N5O4S.ClH/c1-19-9-12(7-17-19)24(21,22)18-8-13(20)16-10-14(11-23-2)3-5-15-6-4-14;/h7,9,15,18H,3-6,8,10-11H2,1-2H3,(H,16,20);1H. The summed E-state index contributed by atoms with van der Waals surface area (Å²) in [6, 6.07) is 0. The molecule has 11 heteroatoms. The van der Waals surface area contributed by atoms with Gasteiger partial charge >= 0.3 is 0 Å². The molecule has 0 saturated carbocycles. The smallest absolute Gasteiger partial charge is 0.244 e. The molecule has 9 nitrogen and oxygen atoms in total. The zero-order chi connectivity index (χ0) is 17.6. The predicted octanol–water partition coefficient (Wildman–Crippen LogP) is -0.747. The Bertz CT molecular complexity index is 652. The summed E-state index contributed by atoms with van der Waals surface area (Å²) in [6.07, 6.45) is 4.43. The van der Waals surface area contributed by atoms with Crippen molar-refractivity contribution in [3.8, 4) is 0 Å². The number of nitrogens with one attached hydrogen (secondary N) is 3. The fraction of sp³-hybridized carbons (Fsp3) is 0.714. The summed E-state index contributed by atoms with van der Waals surface area (Å²) in [5.41, 5.74) is -0.0993. The van der Waals surface area contributed by atoms with Gasteiger partial charge < -0.3 is 15.4 Å². The van der Waals surface area contributed by atoms with E-state index in [4.69, 9.17) is 4.74 Å². The fourth-order valence-electron chi connectivity index (χ4n) is 2.77. The SMILES string of the molecule is COCC1(CNC(=O)CNS(=O)(=O)c2cnn(C)c2)CCNCC1.Cl. The molecule has 1 aromatic rings. The van der Waals surface area contributed by atoms with Gasteiger partial charge in [0.1, 0.15) is 4.90 Å². The molecule has 2 rings (SSSR count). The lowest BCUT2D eigenvalue weighted by atomic mass is 9.79. The number of sulfonamides is 1. The second kappa shape index (κ2) is 9.48. The number of hydrogen-bond acceptors (Lipinski definition) is 6. The van der Waals surface area contributed by atoms with Crippen LogP contribution in [0.5, 0.6) is 0 Å². The molecule has 1 fully saturated rings. The molecule has 0 aliphatic carbocycles. The molecule has 1 aromatic heterocycles. The number of aryl methyl sites for hydroxylation is 1. The summed E-state index contributed by atoms with van der Waals surface area (Å²) in [7, 11) is -0.461. The summed E-state index contributed by atoms with van der Waals surface area (Å²) in [5.74, 6) is -0.364. The topological polar surface area (TPSA) is 114 Å². The van der Waals surface area contributed by atoms with Crippen molar-refractivity contribution in [2.24, 2.45) is 12.5 Å². The van der Waals surface area contributed by atoms with Gasteiger partial charge in [-0.3, -0.25) is 9.48 Å². The summed E-state index contributed by atoms with van der Waals surface area (Å²) in [4.78, 5) is 12.0. The molecule has 0 spiro atoms. The van der Waals surface area contributed by atoms with Gasteiger partial charge in [-0.1, -0.05) is 0 Å². The van der Waals surface area contributed by atoms with E-state index in [0.717, 1.165) is 25.9 Å². The number of nitrogens with zero attached hydrogens (tertiary/aromatic N) is 2. The van der Waals surface area contributed by atoms with Crippen LogP contribution in [0.2, 0.25) is 0 Å².